The number of aliphatic imine (C=N–C) groups is 1. The Kier molecular flexibility index (Phi) is 9.18. The molecule has 0 amide bonds. The van der Waals surface area contributed by atoms with Gasteiger partial charge in [-0.3, -0.25) is 0 Å². The van der Waals surface area contributed by atoms with Gasteiger partial charge in [0.15, 0.2) is 5.96 Å². The van der Waals surface area contributed by atoms with Crippen molar-refractivity contribution >= 4 is 29.9 Å². The minimum Gasteiger partial charge on any atom is -0.357 e. The topological polar surface area (TPSA) is 54.2 Å². The molecular weight excluding hydrogens is 473 g/mol. The second-order valence-corrected chi connectivity index (χ2v) is 6.96. The van der Waals surface area contributed by atoms with Crippen LogP contribution >= 0.6 is 24.0 Å². The summed E-state index contributed by atoms with van der Waals surface area (Å²) in [5.74, 6) is 1.86. The summed E-state index contributed by atoms with van der Waals surface area (Å²) in [7, 11) is 0. The van der Waals surface area contributed by atoms with Gasteiger partial charge >= 0.3 is 0 Å². The van der Waals surface area contributed by atoms with Crippen LogP contribution in [0.5, 0.6) is 0 Å². The fourth-order valence-electron chi connectivity index (χ4n) is 3.00. The highest BCUT2D eigenvalue weighted by molar-refractivity contribution is 14.0. The highest BCUT2D eigenvalue weighted by Crippen LogP contribution is 2.10. The van der Waals surface area contributed by atoms with E-state index < -0.39 is 0 Å². The van der Waals surface area contributed by atoms with Crippen LogP contribution in [-0.4, -0.2) is 22.1 Å². The lowest BCUT2D eigenvalue weighted by molar-refractivity contribution is 0.760. The number of hydrogen-bond acceptors (Lipinski definition) is 2. The maximum Gasteiger partial charge on any atom is 0.191 e. The number of halogens is 1. The Morgan fingerprint density at radius 3 is 2.45 bits per heavy atom. The Bertz CT molecular complexity index is 915. The highest BCUT2D eigenvalue weighted by atomic mass is 127. The Morgan fingerprint density at radius 1 is 1.00 bits per heavy atom. The summed E-state index contributed by atoms with van der Waals surface area (Å²) in [6, 6.07) is 17.1. The number of aromatic nitrogens is 2. The van der Waals surface area contributed by atoms with E-state index in [1.165, 1.54) is 22.3 Å². The first-order chi connectivity index (χ1) is 13.6. The molecule has 3 aromatic rings. The van der Waals surface area contributed by atoms with E-state index in [1.54, 1.807) is 0 Å². The second-order valence-electron chi connectivity index (χ2n) is 6.96. The van der Waals surface area contributed by atoms with E-state index in [9.17, 15) is 0 Å². The van der Waals surface area contributed by atoms with E-state index >= 15 is 0 Å². The van der Waals surface area contributed by atoms with Gasteiger partial charge in [0.1, 0.15) is 5.82 Å². The summed E-state index contributed by atoms with van der Waals surface area (Å²) in [4.78, 5) is 9.04. The number of benzene rings is 2. The fraction of sp³-hybridized carbons (Fsp3) is 0.304. The summed E-state index contributed by atoms with van der Waals surface area (Å²) >= 11 is 0. The Hall–Kier alpha value is -2.35. The molecule has 0 unspecified atom stereocenters. The van der Waals surface area contributed by atoms with Crippen molar-refractivity contribution in [2.75, 3.05) is 6.54 Å². The first kappa shape index (κ1) is 22.9. The summed E-state index contributed by atoms with van der Waals surface area (Å²) in [6.07, 6.45) is 3.85. The van der Waals surface area contributed by atoms with Crippen molar-refractivity contribution in [1.29, 1.82) is 0 Å². The molecule has 0 aliphatic heterocycles. The average molecular weight is 503 g/mol. The Morgan fingerprint density at radius 2 is 1.76 bits per heavy atom. The molecule has 0 aliphatic rings. The minimum atomic E-state index is 0. The number of nitrogens with zero attached hydrogens (tertiary/aromatic N) is 3. The van der Waals surface area contributed by atoms with Crippen LogP contribution in [0.15, 0.2) is 65.9 Å². The number of aryl methyl sites for hydroxylation is 2. The molecule has 3 rings (SSSR count). The fourth-order valence-corrected chi connectivity index (χ4v) is 3.00. The van der Waals surface area contributed by atoms with Crippen molar-refractivity contribution in [2.45, 2.75) is 40.4 Å². The first-order valence-corrected chi connectivity index (χ1v) is 9.77. The lowest BCUT2D eigenvalue weighted by Crippen LogP contribution is -2.36. The van der Waals surface area contributed by atoms with Crippen LogP contribution in [0.4, 0.5) is 0 Å². The quantitative estimate of drug-likeness (QED) is 0.285. The molecule has 154 valence electrons. The van der Waals surface area contributed by atoms with Crippen molar-refractivity contribution in [3.63, 3.8) is 0 Å². The molecule has 6 heteroatoms. The highest BCUT2D eigenvalue weighted by Gasteiger charge is 2.02. The van der Waals surface area contributed by atoms with Gasteiger partial charge in [0.05, 0.1) is 6.54 Å². The molecule has 0 atom stereocenters. The van der Waals surface area contributed by atoms with Gasteiger partial charge < -0.3 is 15.2 Å². The maximum atomic E-state index is 4.75. The average Bonchev–Trinajstić information content (AvgIpc) is 3.10. The van der Waals surface area contributed by atoms with Crippen molar-refractivity contribution in [3.8, 4) is 0 Å². The Labute approximate surface area is 190 Å². The molecule has 1 heterocycles. The SMILES string of the molecule is CCNC(=NCc1cccc(Cn2ccnc2C)c1)NCc1ccc(C)cc1.I. The molecular formula is C23H30IN5. The van der Waals surface area contributed by atoms with E-state index in [-0.39, 0.29) is 24.0 Å². The third-order valence-electron chi connectivity index (χ3n) is 4.61. The zero-order valence-electron chi connectivity index (χ0n) is 17.4. The molecule has 29 heavy (non-hydrogen) atoms. The molecule has 0 spiro atoms. The number of hydrogen-bond donors (Lipinski definition) is 2. The van der Waals surface area contributed by atoms with Gasteiger partial charge in [-0.15, -0.1) is 24.0 Å². The zero-order valence-corrected chi connectivity index (χ0v) is 19.7. The molecule has 0 bridgehead atoms. The van der Waals surface area contributed by atoms with Gasteiger partial charge in [-0.2, -0.15) is 0 Å². The van der Waals surface area contributed by atoms with Gasteiger partial charge in [0, 0.05) is 32.0 Å². The van der Waals surface area contributed by atoms with Gasteiger partial charge in [-0.05, 0) is 37.5 Å². The monoisotopic (exact) mass is 503 g/mol. The number of rotatable bonds is 7. The third-order valence-corrected chi connectivity index (χ3v) is 4.61. The standard InChI is InChI=1S/C23H29N5.HI/c1-4-24-23(26-15-20-10-8-18(2)9-11-20)27-16-21-6-5-7-22(14-21)17-28-13-12-25-19(28)3;/h5-14H,4,15-17H2,1-3H3,(H2,24,26,27);1H. The van der Waals surface area contributed by atoms with E-state index in [2.05, 4.69) is 82.6 Å². The van der Waals surface area contributed by atoms with Gasteiger partial charge in [0.25, 0.3) is 0 Å². The number of guanidine groups is 1. The van der Waals surface area contributed by atoms with Crippen LogP contribution in [0.25, 0.3) is 0 Å². The maximum absolute atomic E-state index is 4.75. The van der Waals surface area contributed by atoms with E-state index in [4.69, 9.17) is 4.99 Å². The molecule has 2 N–H and O–H groups in total. The molecule has 5 nitrogen and oxygen atoms in total. The zero-order chi connectivity index (χ0) is 19.8. The summed E-state index contributed by atoms with van der Waals surface area (Å²) in [5, 5.41) is 6.73. The predicted molar refractivity (Wildman–Crippen MR) is 131 cm³/mol. The van der Waals surface area contributed by atoms with Crippen molar-refractivity contribution in [2.24, 2.45) is 4.99 Å². The van der Waals surface area contributed by atoms with E-state index in [0.717, 1.165) is 31.4 Å². The van der Waals surface area contributed by atoms with Crippen molar-refractivity contribution in [1.82, 2.24) is 20.2 Å². The van der Waals surface area contributed by atoms with Crippen LogP contribution in [0, 0.1) is 13.8 Å². The largest absolute Gasteiger partial charge is 0.357 e. The first-order valence-electron chi connectivity index (χ1n) is 9.77. The summed E-state index contributed by atoms with van der Waals surface area (Å²) in [5.41, 5.74) is 4.97. The van der Waals surface area contributed by atoms with Crippen LogP contribution in [0.3, 0.4) is 0 Å². The molecule has 0 saturated carbocycles. The van der Waals surface area contributed by atoms with Crippen LogP contribution in [0.1, 0.15) is 35.0 Å². The normalized spacial score (nSPS) is 11.1. The third kappa shape index (κ3) is 7.20. The summed E-state index contributed by atoms with van der Waals surface area (Å²) in [6.45, 7) is 9.26. The molecule has 0 radical (unpaired) electrons. The Balaban J connectivity index is 0.00000300. The molecule has 0 fully saturated rings. The second kappa shape index (κ2) is 11.6. The molecule has 2 aromatic carbocycles. The van der Waals surface area contributed by atoms with Gasteiger partial charge in [0.2, 0.25) is 0 Å². The number of imidazole rings is 1. The van der Waals surface area contributed by atoms with Crippen molar-refractivity contribution in [3.05, 3.63) is 89.0 Å². The molecule has 0 saturated heterocycles. The van der Waals surface area contributed by atoms with E-state index in [0.29, 0.717) is 6.54 Å². The number of nitrogens with one attached hydrogen (secondary N) is 2. The molecule has 0 aliphatic carbocycles. The van der Waals surface area contributed by atoms with Crippen LogP contribution in [-0.2, 0) is 19.6 Å². The summed E-state index contributed by atoms with van der Waals surface area (Å²) < 4.78 is 2.15. The van der Waals surface area contributed by atoms with E-state index in [1.807, 2.05) is 19.3 Å². The minimum absolute atomic E-state index is 0. The smallest absolute Gasteiger partial charge is 0.191 e. The molecule has 1 aromatic heterocycles. The van der Waals surface area contributed by atoms with Crippen LogP contribution in [0.2, 0.25) is 0 Å². The van der Waals surface area contributed by atoms with Gasteiger partial charge in [-0.25, -0.2) is 9.98 Å². The predicted octanol–water partition coefficient (Wildman–Crippen LogP) is 4.42. The van der Waals surface area contributed by atoms with Gasteiger partial charge in [-0.1, -0.05) is 54.1 Å². The van der Waals surface area contributed by atoms with Crippen LogP contribution < -0.4 is 10.6 Å². The van der Waals surface area contributed by atoms with Crippen molar-refractivity contribution < 1.29 is 0 Å². The lowest BCUT2D eigenvalue weighted by atomic mass is 10.1. The lowest BCUT2D eigenvalue weighted by Gasteiger charge is -2.12.